The van der Waals surface area contributed by atoms with Crippen molar-refractivity contribution in [2.24, 2.45) is 0 Å². The second kappa shape index (κ2) is 7.77. The van der Waals surface area contributed by atoms with Crippen molar-refractivity contribution >= 4 is 11.7 Å². The molecule has 0 bridgehead atoms. The molecule has 0 spiro atoms. The van der Waals surface area contributed by atoms with Crippen LogP contribution in [0.25, 0.3) is 0 Å². The fourth-order valence-electron chi connectivity index (χ4n) is 2.51. The number of ketones is 1. The first-order chi connectivity index (χ1) is 11.4. The third-order valence-corrected chi connectivity index (χ3v) is 3.84. The lowest BCUT2D eigenvalue weighted by molar-refractivity contribution is 0.0727. The van der Waals surface area contributed by atoms with Gasteiger partial charge in [0.05, 0.1) is 12.8 Å². The summed E-state index contributed by atoms with van der Waals surface area (Å²) in [4.78, 5) is 40.9. The van der Waals surface area contributed by atoms with Crippen LogP contribution in [-0.4, -0.2) is 28.1 Å². The van der Waals surface area contributed by atoms with Crippen LogP contribution in [0.5, 0.6) is 0 Å². The van der Waals surface area contributed by atoms with Crippen molar-refractivity contribution in [3.63, 3.8) is 0 Å². The highest BCUT2D eigenvalue weighted by atomic mass is 16.3. The zero-order chi connectivity index (χ0) is 17.7. The predicted octanol–water partition coefficient (Wildman–Crippen LogP) is 2.92. The van der Waals surface area contributed by atoms with E-state index in [0.717, 1.165) is 12.8 Å². The number of aromatic nitrogens is 1. The van der Waals surface area contributed by atoms with Crippen LogP contribution in [0.3, 0.4) is 0 Å². The smallest absolute Gasteiger partial charge is 0.261 e. The van der Waals surface area contributed by atoms with Gasteiger partial charge in [-0.2, -0.15) is 0 Å². The second-order valence-electron chi connectivity index (χ2n) is 5.77. The molecule has 1 amide bonds. The number of hydrogen-bond acceptors (Lipinski definition) is 4. The molecular formula is C18H22N2O4. The van der Waals surface area contributed by atoms with E-state index in [1.807, 2.05) is 6.92 Å². The van der Waals surface area contributed by atoms with Gasteiger partial charge in [0.2, 0.25) is 0 Å². The summed E-state index contributed by atoms with van der Waals surface area (Å²) in [5.74, 6) is 0.0577. The van der Waals surface area contributed by atoms with Crippen molar-refractivity contribution in [3.8, 4) is 0 Å². The number of Topliss-reactive ketones (excluding diaryl/α,β-unsaturated/α-hetero) is 1. The zero-order valence-electron chi connectivity index (χ0n) is 14.2. The Labute approximate surface area is 140 Å². The standard InChI is InChI=1S/C18H22N2O4/c1-4-5-8-20(11-14-7-6-9-24-14)18(23)16-10-15(13(3)21)12(2)19-17(16)22/h6-7,9-10H,4-5,8,11H2,1-3H3,(H,19,22). The predicted molar refractivity (Wildman–Crippen MR) is 90.2 cm³/mol. The fraction of sp³-hybridized carbons (Fsp3) is 0.389. The SMILES string of the molecule is CCCCN(Cc1ccco1)C(=O)c1cc(C(C)=O)c(C)[nH]c1=O. The first-order valence-electron chi connectivity index (χ1n) is 8.00. The molecule has 0 aliphatic carbocycles. The number of aryl methyl sites for hydroxylation is 1. The van der Waals surface area contributed by atoms with Gasteiger partial charge in [-0.1, -0.05) is 13.3 Å². The van der Waals surface area contributed by atoms with Gasteiger partial charge >= 0.3 is 0 Å². The molecule has 2 heterocycles. The van der Waals surface area contributed by atoms with Gasteiger partial charge in [0, 0.05) is 17.8 Å². The molecule has 128 valence electrons. The van der Waals surface area contributed by atoms with E-state index >= 15 is 0 Å². The molecule has 0 saturated carbocycles. The minimum Gasteiger partial charge on any atom is -0.467 e. The summed E-state index contributed by atoms with van der Waals surface area (Å²) < 4.78 is 5.31. The molecule has 0 aromatic carbocycles. The number of unbranched alkanes of at least 4 members (excludes halogenated alkanes) is 1. The minimum absolute atomic E-state index is 0.0199. The van der Waals surface area contributed by atoms with Gasteiger partial charge in [-0.25, -0.2) is 0 Å². The van der Waals surface area contributed by atoms with Crippen LogP contribution in [0.15, 0.2) is 33.7 Å². The number of amides is 1. The van der Waals surface area contributed by atoms with Gasteiger partial charge < -0.3 is 14.3 Å². The second-order valence-corrected chi connectivity index (χ2v) is 5.77. The summed E-state index contributed by atoms with van der Waals surface area (Å²) in [5, 5.41) is 0. The molecule has 2 aromatic rings. The van der Waals surface area contributed by atoms with Crippen molar-refractivity contribution in [2.75, 3.05) is 6.54 Å². The van der Waals surface area contributed by atoms with E-state index in [2.05, 4.69) is 4.98 Å². The number of carbonyl (C=O) groups is 2. The van der Waals surface area contributed by atoms with E-state index in [-0.39, 0.29) is 17.9 Å². The molecule has 0 unspecified atom stereocenters. The maximum absolute atomic E-state index is 12.8. The number of hydrogen-bond donors (Lipinski definition) is 1. The quantitative estimate of drug-likeness (QED) is 0.791. The Kier molecular flexibility index (Phi) is 5.73. The molecule has 6 heteroatoms. The summed E-state index contributed by atoms with van der Waals surface area (Å²) >= 11 is 0. The highest BCUT2D eigenvalue weighted by Crippen LogP contribution is 2.12. The molecule has 2 rings (SSSR count). The van der Waals surface area contributed by atoms with E-state index in [9.17, 15) is 14.4 Å². The Morgan fingerprint density at radius 3 is 2.62 bits per heavy atom. The third-order valence-electron chi connectivity index (χ3n) is 3.84. The molecule has 0 fully saturated rings. The first-order valence-corrected chi connectivity index (χ1v) is 8.00. The van der Waals surface area contributed by atoms with E-state index < -0.39 is 11.5 Å². The van der Waals surface area contributed by atoms with Crippen LogP contribution in [0.1, 0.15) is 58.9 Å². The van der Waals surface area contributed by atoms with Crippen molar-refractivity contribution < 1.29 is 14.0 Å². The van der Waals surface area contributed by atoms with Crippen LogP contribution >= 0.6 is 0 Å². The molecule has 2 aromatic heterocycles. The molecule has 1 N–H and O–H groups in total. The van der Waals surface area contributed by atoms with Crippen molar-refractivity contribution in [1.29, 1.82) is 0 Å². The zero-order valence-corrected chi connectivity index (χ0v) is 14.2. The number of carbonyl (C=O) groups excluding carboxylic acids is 2. The number of furan rings is 1. The van der Waals surface area contributed by atoms with Gasteiger partial charge in [-0.15, -0.1) is 0 Å². The summed E-state index contributed by atoms with van der Waals surface area (Å²) in [6.45, 7) is 5.88. The lowest BCUT2D eigenvalue weighted by Crippen LogP contribution is -2.35. The van der Waals surface area contributed by atoms with Crippen LogP contribution < -0.4 is 5.56 Å². The van der Waals surface area contributed by atoms with Crippen molar-refractivity contribution in [2.45, 2.75) is 40.2 Å². The summed E-state index contributed by atoms with van der Waals surface area (Å²) in [7, 11) is 0. The van der Waals surface area contributed by atoms with E-state index in [1.165, 1.54) is 13.0 Å². The summed E-state index contributed by atoms with van der Waals surface area (Å²) in [6.07, 6.45) is 3.28. The maximum Gasteiger partial charge on any atom is 0.261 e. The average molecular weight is 330 g/mol. The molecule has 0 saturated heterocycles. The average Bonchev–Trinajstić information content (AvgIpc) is 3.03. The number of nitrogens with zero attached hydrogens (tertiary/aromatic N) is 1. The number of pyridine rings is 1. The number of rotatable bonds is 7. The lowest BCUT2D eigenvalue weighted by Gasteiger charge is -2.21. The van der Waals surface area contributed by atoms with E-state index in [4.69, 9.17) is 4.42 Å². The molecule has 0 atom stereocenters. The van der Waals surface area contributed by atoms with Gasteiger partial charge in [0.25, 0.3) is 11.5 Å². The van der Waals surface area contributed by atoms with E-state index in [1.54, 1.807) is 30.2 Å². The van der Waals surface area contributed by atoms with Crippen LogP contribution in [-0.2, 0) is 6.54 Å². The minimum atomic E-state index is -0.483. The largest absolute Gasteiger partial charge is 0.467 e. The van der Waals surface area contributed by atoms with Crippen molar-refractivity contribution in [1.82, 2.24) is 9.88 Å². The highest BCUT2D eigenvalue weighted by Gasteiger charge is 2.21. The Morgan fingerprint density at radius 2 is 2.04 bits per heavy atom. The molecule has 0 aliphatic heterocycles. The molecule has 0 radical (unpaired) electrons. The Balaban J connectivity index is 2.36. The Morgan fingerprint density at radius 1 is 1.29 bits per heavy atom. The van der Waals surface area contributed by atoms with Crippen LogP contribution in [0.2, 0.25) is 0 Å². The third kappa shape index (κ3) is 4.01. The number of nitrogens with one attached hydrogen (secondary N) is 1. The van der Waals surface area contributed by atoms with Gasteiger partial charge in [0.15, 0.2) is 5.78 Å². The molecule has 0 aliphatic rings. The van der Waals surface area contributed by atoms with Gasteiger partial charge in [-0.05, 0) is 38.5 Å². The number of aromatic amines is 1. The number of H-pyrrole nitrogens is 1. The normalized spacial score (nSPS) is 10.6. The molecule has 6 nitrogen and oxygen atoms in total. The van der Waals surface area contributed by atoms with Crippen LogP contribution in [0, 0.1) is 6.92 Å². The highest BCUT2D eigenvalue weighted by molar-refractivity contribution is 5.99. The monoisotopic (exact) mass is 330 g/mol. The van der Waals surface area contributed by atoms with Gasteiger partial charge in [-0.3, -0.25) is 14.4 Å². The molecule has 24 heavy (non-hydrogen) atoms. The van der Waals surface area contributed by atoms with Gasteiger partial charge in [0.1, 0.15) is 11.3 Å². The Bertz CT molecular complexity index is 775. The summed E-state index contributed by atoms with van der Waals surface area (Å²) in [6, 6.07) is 4.93. The fourth-order valence-corrected chi connectivity index (χ4v) is 2.51. The topological polar surface area (TPSA) is 83.4 Å². The summed E-state index contributed by atoms with van der Waals surface area (Å²) in [5.41, 5.74) is 0.318. The molecular weight excluding hydrogens is 308 g/mol. The van der Waals surface area contributed by atoms with Crippen molar-refractivity contribution in [3.05, 3.63) is 57.4 Å². The lowest BCUT2D eigenvalue weighted by atomic mass is 10.1. The first kappa shape index (κ1) is 17.7. The Hall–Kier alpha value is -2.63. The van der Waals surface area contributed by atoms with E-state index in [0.29, 0.717) is 23.6 Å². The maximum atomic E-state index is 12.8. The van der Waals surface area contributed by atoms with Crippen LogP contribution in [0.4, 0.5) is 0 Å².